The van der Waals surface area contributed by atoms with Crippen LogP contribution in [-0.4, -0.2) is 23.3 Å². The van der Waals surface area contributed by atoms with Crippen molar-refractivity contribution in [2.75, 3.05) is 6.54 Å². The fourth-order valence-electron chi connectivity index (χ4n) is 2.08. The second-order valence-corrected chi connectivity index (χ2v) is 6.18. The molecule has 0 saturated heterocycles. The second kappa shape index (κ2) is 7.93. The molecule has 0 aliphatic heterocycles. The van der Waals surface area contributed by atoms with Gasteiger partial charge < -0.3 is 10.6 Å². The van der Waals surface area contributed by atoms with E-state index in [1.54, 1.807) is 17.0 Å². The van der Waals surface area contributed by atoms with Gasteiger partial charge in [0.15, 0.2) is 0 Å². The average Bonchev–Trinajstić information content (AvgIpc) is 2.52. The normalized spacial score (nSPS) is 10.2. The van der Waals surface area contributed by atoms with Crippen LogP contribution in [0.2, 0.25) is 0 Å². The Morgan fingerprint density at radius 1 is 1.00 bits per heavy atom. The van der Waals surface area contributed by atoms with Crippen molar-refractivity contribution < 1.29 is 9.59 Å². The minimum absolute atomic E-state index is 0.0958. The molecule has 0 atom stereocenters. The van der Waals surface area contributed by atoms with E-state index in [0.29, 0.717) is 18.7 Å². The van der Waals surface area contributed by atoms with Gasteiger partial charge in [-0.05, 0) is 52.4 Å². The van der Waals surface area contributed by atoms with E-state index in [1.165, 1.54) is 0 Å². The van der Waals surface area contributed by atoms with Crippen molar-refractivity contribution in [1.29, 1.82) is 0 Å². The Balaban J connectivity index is 2.17. The van der Waals surface area contributed by atoms with E-state index in [1.807, 2.05) is 42.5 Å². The molecule has 2 rings (SSSR count). The van der Waals surface area contributed by atoms with Crippen LogP contribution in [0.5, 0.6) is 0 Å². The summed E-state index contributed by atoms with van der Waals surface area (Å²) in [5.74, 6) is -0.505. The first kappa shape index (κ1) is 16.5. The summed E-state index contributed by atoms with van der Waals surface area (Å²) in [4.78, 5) is 25.3. The Kier molecular flexibility index (Phi) is 5.94. The smallest absolute Gasteiger partial charge is 0.254 e. The monoisotopic (exact) mass is 408 g/mol. The number of rotatable bonds is 6. The molecule has 2 aromatic rings. The Morgan fingerprint density at radius 3 is 2.23 bits per heavy atom. The minimum Gasteiger partial charge on any atom is -0.370 e. The first-order chi connectivity index (χ1) is 10.6. The Hall–Kier alpha value is -1.89. The highest BCUT2D eigenvalue weighted by Gasteiger charge is 2.16. The summed E-state index contributed by atoms with van der Waals surface area (Å²) in [6.07, 6.45) is 0.156. The average molecular weight is 408 g/mol. The molecular weight excluding hydrogens is 391 g/mol. The number of benzene rings is 2. The van der Waals surface area contributed by atoms with Gasteiger partial charge in [-0.25, -0.2) is 0 Å². The molecule has 114 valence electrons. The van der Waals surface area contributed by atoms with E-state index in [9.17, 15) is 9.59 Å². The van der Waals surface area contributed by atoms with Crippen LogP contribution in [0.25, 0.3) is 0 Å². The topological polar surface area (TPSA) is 63.4 Å². The molecule has 0 aromatic heterocycles. The second-order valence-electron chi connectivity index (χ2n) is 4.94. The first-order valence-corrected chi connectivity index (χ1v) is 8.01. The van der Waals surface area contributed by atoms with Gasteiger partial charge in [0.05, 0.1) is 0 Å². The van der Waals surface area contributed by atoms with E-state index in [2.05, 4.69) is 22.6 Å². The molecule has 0 heterocycles. The van der Waals surface area contributed by atoms with Crippen LogP contribution >= 0.6 is 22.6 Å². The van der Waals surface area contributed by atoms with E-state index in [4.69, 9.17) is 5.73 Å². The molecule has 0 unspecified atom stereocenters. The summed E-state index contributed by atoms with van der Waals surface area (Å²) in [6.45, 7) is 0.772. The van der Waals surface area contributed by atoms with Crippen LogP contribution < -0.4 is 5.73 Å². The lowest BCUT2D eigenvalue weighted by Gasteiger charge is -2.22. The van der Waals surface area contributed by atoms with Crippen molar-refractivity contribution in [3.63, 3.8) is 0 Å². The van der Waals surface area contributed by atoms with Crippen LogP contribution in [0.15, 0.2) is 54.6 Å². The Morgan fingerprint density at radius 2 is 1.64 bits per heavy atom. The van der Waals surface area contributed by atoms with Crippen LogP contribution in [0.1, 0.15) is 22.3 Å². The van der Waals surface area contributed by atoms with E-state index >= 15 is 0 Å². The van der Waals surface area contributed by atoms with Gasteiger partial charge in [-0.15, -0.1) is 0 Å². The zero-order valence-electron chi connectivity index (χ0n) is 12.0. The molecule has 2 N–H and O–H groups in total. The van der Waals surface area contributed by atoms with Gasteiger partial charge in [0.1, 0.15) is 0 Å². The predicted molar refractivity (Wildman–Crippen MR) is 94.2 cm³/mol. The molecule has 5 heteroatoms. The molecule has 0 radical (unpaired) electrons. The highest BCUT2D eigenvalue weighted by Crippen LogP contribution is 2.13. The SMILES string of the molecule is NC(=O)CCN(Cc1ccccc1)C(=O)c1ccc(I)cc1. The number of carbonyl (C=O) groups excluding carboxylic acids is 2. The molecule has 0 aliphatic rings. The van der Waals surface area contributed by atoms with Gasteiger partial charge in [-0.1, -0.05) is 30.3 Å². The number of halogens is 1. The van der Waals surface area contributed by atoms with Gasteiger partial charge in [0.25, 0.3) is 5.91 Å². The maximum atomic E-state index is 12.6. The summed E-state index contributed by atoms with van der Waals surface area (Å²) in [5.41, 5.74) is 6.85. The number of carbonyl (C=O) groups is 2. The third-order valence-corrected chi connectivity index (χ3v) is 3.94. The van der Waals surface area contributed by atoms with Crippen molar-refractivity contribution >= 4 is 34.4 Å². The lowest BCUT2D eigenvalue weighted by molar-refractivity contribution is -0.118. The van der Waals surface area contributed by atoms with Crippen molar-refractivity contribution in [2.24, 2.45) is 5.73 Å². The number of primary amides is 1. The van der Waals surface area contributed by atoms with Gasteiger partial charge in [-0.2, -0.15) is 0 Å². The minimum atomic E-state index is -0.409. The molecular formula is C17H17IN2O2. The lowest BCUT2D eigenvalue weighted by atomic mass is 10.1. The summed E-state index contributed by atoms with van der Waals surface area (Å²) in [5, 5.41) is 0. The standard InChI is InChI=1S/C17H17IN2O2/c18-15-8-6-14(7-9-15)17(22)20(11-10-16(19)21)12-13-4-2-1-3-5-13/h1-9H,10-12H2,(H2,19,21). The molecule has 0 aliphatic carbocycles. The van der Waals surface area contributed by atoms with Gasteiger partial charge in [-0.3, -0.25) is 9.59 Å². The van der Waals surface area contributed by atoms with Crippen molar-refractivity contribution in [1.82, 2.24) is 4.90 Å². The highest BCUT2D eigenvalue weighted by molar-refractivity contribution is 14.1. The van der Waals surface area contributed by atoms with Crippen LogP contribution in [-0.2, 0) is 11.3 Å². The largest absolute Gasteiger partial charge is 0.370 e. The molecule has 2 amide bonds. The van der Waals surface area contributed by atoms with Crippen LogP contribution in [0.4, 0.5) is 0 Å². The zero-order valence-corrected chi connectivity index (χ0v) is 14.2. The van der Waals surface area contributed by atoms with Crippen LogP contribution in [0.3, 0.4) is 0 Å². The quantitative estimate of drug-likeness (QED) is 0.748. The molecule has 22 heavy (non-hydrogen) atoms. The number of nitrogens with two attached hydrogens (primary N) is 1. The molecule has 4 nitrogen and oxygen atoms in total. The van der Waals surface area contributed by atoms with Gasteiger partial charge in [0, 0.05) is 28.6 Å². The summed E-state index contributed by atoms with van der Waals surface area (Å²) in [6, 6.07) is 17.1. The van der Waals surface area contributed by atoms with Crippen molar-refractivity contribution in [2.45, 2.75) is 13.0 Å². The third kappa shape index (κ3) is 4.84. The number of hydrogen-bond acceptors (Lipinski definition) is 2. The molecule has 0 saturated carbocycles. The number of hydrogen-bond donors (Lipinski definition) is 1. The first-order valence-electron chi connectivity index (χ1n) is 6.93. The maximum Gasteiger partial charge on any atom is 0.254 e. The lowest BCUT2D eigenvalue weighted by Crippen LogP contribution is -2.33. The summed E-state index contributed by atoms with van der Waals surface area (Å²) >= 11 is 2.20. The van der Waals surface area contributed by atoms with E-state index < -0.39 is 5.91 Å². The Bertz CT molecular complexity index is 641. The fourth-order valence-corrected chi connectivity index (χ4v) is 2.44. The molecule has 0 bridgehead atoms. The van der Waals surface area contributed by atoms with Gasteiger partial charge in [0.2, 0.25) is 5.91 Å². The van der Waals surface area contributed by atoms with Crippen molar-refractivity contribution in [3.8, 4) is 0 Å². The number of amides is 2. The molecule has 0 fully saturated rings. The fraction of sp³-hybridized carbons (Fsp3) is 0.176. The van der Waals surface area contributed by atoms with E-state index in [0.717, 1.165) is 9.13 Å². The van der Waals surface area contributed by atoms with Gasteiger partial charge >= 0.3 is 0 Å². The number of nitrogens with zero attached hydrogens (tertiary/aromatic N) is 1. The maximum absolute atomic E-state index is 12.6. The van der Waals surface area contributed by atoms with Crippen LogP contribution in [0, 0.1) is 3.57 Å². The summed E-state index contributed by atoms with van der Waals surface area (Å²) < 4.78 is 1.07. The predicted octanol–water partition coefficient (Wildman–Crippen LogP) is 2.81. The third-order valence-electron chi connectivity index (χ3n) is 3.22. The summed E-state index contributed by atoms with van der Waals surface area (Å²) in [7, 11) is 0. The Labute approximate surface area is 143 Å². The molecule has 2 aromatic carbocycles. The highest BCUT2D eigenvalue weighted by atomic mass is 127. The van der Waals surface area contributed by atoms with E-state index in [-0.39, 0.29) is 12.3 Å². The van der Waals surface area contributed by atoms with Crippen molar-refractivity contribution in [3.05, 3.63) is 69.3 Å². The zero-order chi connectivity index (χ0) is 15.9. The molecule has 0 spiro atoms.